The van der Waals surface area contributed by atoms with Crippen LogP contribution in [0.15, 0.2) is 36.7 Å². The molecule has 0 bridgehead atoms. The maximum absolute atomic E-state index is 6.00. The van der Waals surface area contributed by atoms with Gasteiger partial charge in [0.25, 0.3) is 0 Å². The summed E-state index contributed by atoms with van der Waals surface area (Å²) in [5, 5.41) is 8.42. The van der Waals surface area contributed by atoms with E-state index in [1.165, 1.54) is 0 Å². The highest BCUT2D eigenvalue weighted by Crippen LogP contribution is 2.21. The van der Waals surface area contributed by atoms with E-state index in [0.29, 0.717) is 6.61 Å². The first-order valence-electron chi connectivity index (χ1n) is 6.22. The summed E-state index contributed by atoms with van der Waals surface area (Å²) in [6, 6.07) is 8.03. The molecule has 0 radical (unpaired) electrons. The minimum atomic E-state index is 0.179. The van der Waals surface area contributed by atoms with Crippen molar-refractivity contribution in [3.63, 3.8) is 0 Å². The Hall–Kier alpha value is -1.52. The molecule has 1 aromatic heterocycles. The quantitative estimate of drug-likeness (QED) is 0.881. The van der Waals surface area contributed by atoms with Gasteiger partial charge in [-0.2, -0.15) is 5.10 Å². The molecule has 102 valence electrons. The predicted octanol–water partition coefficient (Wildman–Crippen LogP) is 3.36. The van der Waals surface area contributed by atoms with Crippen molar-refractivity contribution in [1.29, 1.82) is 0 Å². The van der Waals surface area contributed by atoms with E-state index in [-0.39, 0.29) is 6.04 Å². The molecule has 0 aliphatic carbocycles. The van der Waals surface area contributed by atoms with E-state index < -0.39 is 0 Å². The average molecular weight is 280 g/mol. The summed E-state index contributed by atoms with van der Waals surface area (Å²) in [6.07, 6.45) is 3.79. The summed E-state index contributed by atoms with van der Waals surface area (Å²) in [5.41, 5.74) is 2.14. The average Bonchev–Trinajstić information content (AvgIpc) is 2.84. The van der Waals surface area contributed by atoms with E-state index in [2.05, 4.69) is 23.4 Å². The zero-order chi connectivity index (χ0) is 13.7. The van der Waals surface area contributed by atoms with Gasteiger partial charge in [-0.05, 0) is 24.6 Å². The predicted molar refractivity (Wildman–Crippen MR) is 77.6 cm³/mol. The molecular formula is C14H18ClN3O. The van der Waals surface area contributed by atoms with Crippen molar-refractivity contribution in [2.75, 3.05) is 19.0 Å². The van der Waals surface area contributed by atoms with Gasteiger partial charge in [-0.15, -0.1) is 0 Å². The number of nitrogens with one attached hydrogen (secondary N) is 1. The van der Waals surface area contributed by atoms with Gasteiger partial charge in [0.15, 0.2) is 0 Å². The molecule has 2 rings (SSSR count). The number of rotatable bonds is 6. The fourth-order valence-electron chi connectivity index (χ4n) is 1.85. The lowest BCUT2D eigenvalue weighted by Crippen LogP contribution is -2.06. The lowest BCUT2D eigenvalue weighted by molar-refractivity contribution is 0.183. The van der Waals surface area contributed by atoms with E-state index >= 15 is 0 Å². The smallest absolute Gasteiger partial charge is 0.0731 e. The Morgan fingerprint density at radius 2 is 2.32 bits per heavy atom. The van der Waals surface area contributed by atoms with Crippen molar-refractivity contribution >= 4 is 17.3 Å². The van der Waals surface area contributed by atoms with Crippen LogP contribution < -0.4 is 5.32 Å². The molecule has 1 heterocycles. The summed E-state index contributed by atoms with van der Waals surface area (Å²) in [5.74, 6) is 0. The molecule has 1 aromatic carbocycles. The molecule has 2 aromatic rings. The maximum Gasteiger partial charge on any atom is 0.0731 e. The van der Waals surface area contributed by atoms with Crippen molar-refractivity contribution < 1.29 is 4.74 Å². The lowest BCUT2D eigenvalue weighted by atomic mass is 10.1. The van der Waals surface area contributed by atoms with Crippen LogP contribution in [0.1, 0.15) is 18.5 Å². The standard InChI is InChI=1S/C14H18ClN3O/c1-11(12-4-3-5-13(15)8-12)17-14-9-16-18(10-14)6-7-19-2/h3-5,8-11,17H,6-7H2,1-2H3. The fourth-order valence-corrected chi connectivity index (χ4v) is 2.05. The summed E-state index contributed by atoms with van der Waals surface area (Å²) in [6.45, 7) is 3.51. The largest absolute Gasteiger partial charge is 0.383 e. The molecule has 0 aliphatic heterocycles. The summed E-state index contributed by atoms with van der Waals surface area (Å²) < 4.78 is 6.88. The zero-order valence-electron chi connectivity index (χ0n) is 11.1. The second kappa shape index (κ2) is 6.59. The number of anilines is 1. The molecule has 0 saturated heterocycles. The Balaban J connectivity index is 1.98. The lowest BCUT2D eigenvalue weighted by Gasteiger charge is -2.14. The van der Waals surface area contributed by atoms with E-state index in [9.17, 15) is 0 Å². The van der Waals surface area contributed by atoms with Gasteiger partial charge in [-0.25, -0.2) is 0 Å². The minimum Gasteiger partial charge on any atom is -0.383 e. The van der Waals surface area contributed by atoms with Crippen LogP contribution in [-0.2, 0) is 11.3 Å². The summed E-state index contributed by atoms with van der Waals surface area (Å²) in [4.78, 5) is 0. The molecule has 0 fully saturated rings. The van der Waals surface area contributed by atoms with Gasteiger partial charge in [0.2, 0.25) is 0 Å². The van der Waals surface area contributed by atoms with Crippen LogP contribution in [0.2, 0.25) is 5.02 Å². The van der Waals surface area contributed by atoms with Gasteiger partial charge in [0, 0.05) is 24.4 Å². The third kappa shape index (κ3) is 3.98. The minimum absolute atomic E-state index is 0.179. The number of halogens is 1. The van der Waals surface area contributed by atoms with Crippen molar-refractivity contribution in [2.45, 2.75) is 19.5 Å². The van der Waals surface area contributed by atoms with Crippen molar-refractivity contribution in [3.8, 4) is 0 Å². The first kappa shape index (κ1) is 13.9. The fraction of sp³-hybridized carbons (Fsp3) is 0.357. The molecule has 0 aliphatic rings. The van der Waals surface area contributed by atoms with Crippen LogP contribution in [0.5, 0.6) is 0 Å². The molecular weight excluding hydrogens is 262 g/mol. The number of methoxy groups -OCH3 is 1. The van der Waals surface area contributed by atoms with Gasteiger partial charge in [-0.3, -0.25) is 4.68 Å². The second-order valence-corrected chi connectivity index (χ2v) is 4.84. The third-order valence-electron chi connectivity index (χ3n) is 2.89. The second-order valence-electron chi connectivity index (χ2n) is 4.41. The topological polar surface area (TPSA) is 39.1 Å². The Bertz CT molecular complexity index is 527. The number of nitrogens with zero attached hydrogens (tertiary/aromatic N) is 2. The monoisotopic (exact) mass is 279 g/mol. The van der Waals surface area contributed by atoms with Crippen LogP contribution in [0.25, 0.3) is 0 Å². The van der Waals surface area contributed by atoms with Gasteiger partial charge >= 0.3 is 0 Å². The van der Waals surface area contributed by atoms with Crippen molar-refractivity contribution in [3.05, 3.63) is 47.2 Å². The Kier molecular flexibility index (Phi) is 4.82. The zero-order valence-corrected chi connectivity index (χ0v) is 11.9. The van der Waals surface area contributed by atoms with E-state index in [0.717, 1.165) is 22.8 Å². The highest BCUT2D eigenvalue weighted by Gasteiger charge is 2.07. The molecule has 5 heteroatoms. The van der Waals surface area contributed by atoms with Gasteiger partial charge in [0.1, 0.15) is 0 Å². The van der Waals surface area contributed by atoms with Gasteiger partial charge in [0.05, 0.1) is 25.0 Å². The van der Waals surface area contributed by atoms with Gasteiger partial charge in [-0.1, -0.05) is 23.7 Å². The van der Waals surface area contributed by atoms with Crippen molar-refractivity contribution in [1.82, 2.24) is 9.78 Å². The third-order valence-corrected chi connectivity index (χ3v) is 3.12. The number of ether oxygens (including phenoxy) is 1. The van der Waals surface area contributed by atoms with Gasteiger partial charge < -0.3 is 10.1 Å². The Labute approximate surface area is 118 Å². The number of aromatic nitrogens is 2. The van der Waals surface area contributed by atoms with Crippen LogP contribution in [0, 0.1) is 0 Å². The molecule has 0 saturated carbocycles. The van der Waals surface area contributed by atoms with E-state index in [1.54, 1.807) is 7.11 Å². The molecule has 0 spiro atoms. The molecule has 1 atom stereocenters. The number of hydrogen-bond acceptors (Lipinski definition) is 3. The van der Waals surface area contributed by atoms with Crippen molar-refractivity contribution in [2.24, 2.45) is 0 Å². The van der Waals surface area contributed by atoms with E-state index in [4.69, 9.17) is 16.3 Å². The van der Waals surface area contributed by atoms with Crippen LogP contribution in [0.4, 0.5) is 5.69 Å². The summed E-state index contributed by atoms with van der Waals surface area (Å²) >= 11 is 6.00. The normalized spacial score (nSPS) is 12.4. The molecule has 0 amide bonds. The molecule has 19 heavy (non-hydrogen) atoms. The SMILES string of the molecule is COCCn1cc(NC(C)c2cccc(Cl)c2)cn1. The first-order chi connectivity index (χ1) is 9.19. The first-order valence-corrected chi connectivity index (χ1v) is 6.60. The molecule has 1 unspecified atom stereocenters. The van der Waals surface area contributed by atoms with Crippen LogP contribution in [0.3, 0.4) is 0 Å². The Morgan fingerprint density at radius 3 is 3.05 bits per heavy atom. The highest BCUT2D eigenvalue weighted by molar-refractivity contribution is 6.30. The maximum atomic E-state index is 6.00. The van der Waals surface area contributed by atoms with Crippen LogP contribution in [-0.4, -0.2) is 23.5 Å². The number of benzene rings is 1. The summed E-state index contributed by atoms with van der Waals surface area (Å²) in [7, 11) is 1.68. The highest BCUT2D eigenvalue weighted by atomic mass is 35.5. The van der Waals surface area contributed by atoms with E-state index in [1.807, 2.05) is 35.3 Å². The number of hydrogen-bond donors (Lipinski definition) is 1. The molecule has 4 nitrogen and oxygen atoms in total. The van der Waals surface area contributed by atoms with Crippen LogP contribution >= 0.6 is 11.6 Å². The molecule has 1 N–H and O–H groups in total. The Morgan fingerprint density at radius 1 is 1.47 bits per heavy atom.